The number of rotatable bonds is 13. The van der Waals surface area contributed by atoms with E-state index in [0.29, 0.717) is 36.4 Å². The van der Waals surface area contributed by atoms with E-state index in [0.717, 1.165) is 5.56 Å². The molecule has 196 valence electrons. The molecule has 8 nitrogen and oxygen atoms in total. The van der Waals surface area contributed by atoms with Gasteiger partial charge in [-0.2, -0.15) is 0 Å². The number of anilines is 1. The summed E-state index contributed by atoms with van der Waals surface area (Å²) < 4.78 is 32.5. The van der Waals surface area contributed by atoms with Crippen LogP contribution in [0.2, 0.25) is 5.02 Å². The van der Waals surface area contributed by atoms with Crippen molar-refractivity contribution in [2.45, 2.75) is 37.1 Å². The highest BCUT2D eigenvalue weighted by atomic mass is 35.5. The van der Waals surface area contributed by atoms with Crippen LogP contribution in [0.25, 0.3) is 0 Å². The molecule has 0 spiro atoms. The maximum Gasteiger partial charge on any atom is 0.217 e. The van der Waals surface area contributed by atoms with Gasteiger partial charge in [-0.3, -0.25) is 10.2 Å². The van der Waals surface area contributed by atoms with Gasteiger partial charge < -0.3 is 21.1 Å². The van der Waals surface area contributed by atoms with Crippen LogP contribution in [0, 0.1) is 5.41 Å². The second-order valence-corrected chi connectivity index (χ2v) is 11.0. The summed E-state index contributed by atoms with van der Waals surface area (Å²) in [6, 6.07) is 20.6. The third kappa shape index (κ3) is 7.96. The molecule has 0 saturated carbocycles. The Morgan fingerprint density at radius 2 is 1.76 bits per heavy atom. The SMILES string of the molecule is CC(CCC(N)=O)N(CS(=O)(=O)c1ccccc1Cl)c1cccc(OCCc2ccc(C(=N)N)cc2)c1. The molecule has 0 bridgehead atoms. The number of nitrogens with zero attached hydrogens (tertiary/aromatic N) is 1. The first kappa shape index (κ1) is 28.0. The van der Waals surface area contributed by atoms with Crippen LogP contribution in [0.4, 0.5) is 5.69 Å². The zero-order valence-electron chi connectivity index (χ0n) is 20.6. The molecule has 0 aliphatic carbocycles. The summed E-state index contributed by atoms with van der Waals surface area (Å²) in [7, 11) is -3.78. The van der Waals surface area contributed by atoms with E-state index in [1.807, 2.05) is 19.1 Å². The van der Waals surface area contributed by atoms with Crippen molar-refractivity contribution in [1.29, 1.82) is 5.41 Å². The van der Waals surface area contributed by atoms with E-state index in [1.165, 1.54) is 12.1 Å². The van der Waals surface area contributed by atoms with Crippen molar-refractivity contribution in [3.63, 3.8) is 0 Å². The van der Waals surface area contributed by atoms with Crippen LogP contribution < -0.4 is 21.1 Å². The number of benzene rings is 3. The minimum absolute atomic E-state index is 0.0192. The molecule has 0 saturated heterocycles. The van der Waals surface area contributed by atoms with Gasteiger partial charge in [0.25, 0.3) is 0 Å². The van der Waals surface area contributed by atoms with Gasteiger partial charge in [0.15, 0.2) is 9.84 Å². The molecule has 0 aromatic heterocycles. The first-order chi connectivity index (χ1) is 17.6. The lowest BCUT2D eigenvalue weighted by molar-refractivity contribution is -0.118. The molecule has 3 rings (SSSR count). The molecule has 0 fully saturated rings. The fraction of sp³-hybridized carbons (Fsp3) is 0.259. The average molecular weight is 543 g/mol. The maximum absolute atomic E-state index is 13.3. The Hall–Kier alpha value is -3.56. The molecular weight excluding hydrogens is 512 g/mol. The third-order valence-electron chi connectivity index (χ3n) is 5.89. The number of primary amides is 1. The quantitative estimate of drug-likeness (QED) is 0.219. The third-order valence-corrected chi connectivity index (χ3v) is 7.98. The summed E-state index contributed by atoms with van der Waals surface area (Å²) in [5.74, 6) is -0.178. The standard InChI is InChI=1S/C27H31ClN4O4S/c1-19(9-14-26(29)33)32(18-37(34,35)25-8-3-2-7-24(25)28)22-5-4-6-23(17-22)36-16-15-20-10-12-21(13-11-20)27(30)31/h2-8,10-13,17,19H,9,14-16,18H2,1H3,(H2,29,33)(H3,30,31). The van der Waals surface area contributed by atoms with E-state index in [-0.39, 0.29) is 34.1 Å². The smallest absolute Gasteiger partial charge is 0.217 e. The van der Waals surface area contributed by atoms with Gasteiger partial charge in [-0.25, -0.2) is 8.42 Å². The number of sulfone groups is 1. The summed E-state index contributed by atoms with van der Waals surface area (Å²) in [6.07, 6.45) is 1.15. The van der Waals surface area contributed by atoms with E-state index in [9.17, 15) is 13.2 Å². The molecule has 1 atom stereocenters. The number of nitrogens with one attached hydrogen (secondary N) is 1. The Morgan fingerprint density at radius 3 is 2.41 bits per heavy atom. The Morgan fingerprint density at radius 1 is 1.05 bits per heavy atom. The highest BCUT2D eigenvalue weighted by Crippen LogP contribution is 2.29. The van der Waals surface area contributed by atoms with E-state index >= 15 is 0 Å². The Labute approximate surface area is 222 Å². The zero-order valence-corrected chi connectivity index (χ0v) is 22.1. The van der Waals surface area contributed by atoms with Crippen molar-refractivity contribution < 1.29 is 17.9 Å². The summed E-state index contributed by atoms with van der Waals surface area (Å²) in [5, 5.41) is 7.64. The molecule has 0 aliphatic rings. The largest absolute Gasteiger partial charge is 0.493 e. The van der Waals surface area contributed by atoms with Crippen LogP contribution in [0.1, 0.15) is 30.9 Å². The molecule has 10 heteroatoms. The van der Waals surface area contributed by atoms with E-state index in [2.05, 4.69) is 0 Å². The number of nitrogen functional groups attached to an aromatic ring is 1. The van der Waals surface area contributed by atoms with Gasteiger partial charge in [-0.15, -0.1) is 0 Å². The predicted molar refractivity (Wildman–Crippen MR) is 147 cm³/mol. The van der Waals surface area contributed by atoms with Crippen molar-refractivity contribution in [3.8, 4) is 5.75 Å². The summed E-state index contributed by atoms with van der Waals surface area (Å²) in [6.45, 7) is 2.25. The topological polar surface area (TPSA) is 140 Å². The number of hydrogen-bond acceptors (Lipinski definition) is 6. The van der Waals surface area contributed by atoms with Gasteiger partial charge >= 0.3 is 0 Å². The van der Waals surface area contributed by atoms with Crippen LogP contribution in [0.3, 0.4) is 0 Å². The predicted octanol–water partition coefficient (Wildman–Crippen LogP) is 4.14. The average Bonchev–Trinajstić information content (AvgIpc) is 2.86. The van der Waals surface area contributed by atoms with Gasteiger partial charge in [0.05, 0.1) is 16.5 Å². The van der Waals surface area contributed by atoms with Crippen LogP contribution in [0.15, 0.2) is 77.7 Å². The molecule has 3 aromatic carbocycles. The Kier molecular flexibility index (Phi) is 9.54. The molecule has 37 heavy (non-hydrogen) atoms. The number of amides is 1. The maximum atomic E-state index is 13.3. The van der Waals surface area contributed by atoms with Gasteiger partial charge in [-0.05, 0) is 43.2 Å². The number of carbonyl (C=O) groups is 1. The van der Waals surface area contributed by atoms with Crippen LogP contribution in [-0.4, -0.2) is 38.7 Å². The minimum atomic E-state index is -3.78. The number of hydrogen-bond donors (Lipinski definition) is 3. The molecule has 0 heterocycles. The zero-order chi connectivity index (χ0) is 27.0. The number of amidine groups is 1. The lowest BCUT2D eigenvalue weighted by atomic mass is 10.1. The van der Waals surface area contributed by atoms with E-state index in [4.69, 9.17) is 33.2 Å². The van der Waals surface area contributed by atoms with Crippen molar-refractivity contribution in [3.05, 3.63) is 88.9 Å². The molecule has 1 unspecified atom stereocenters. The minimum Gasteiger partial charge on any atom is -0.493 e. The highest BCUT2D eigenvalue weighted by molar-refractivity contribution is 7.91. The Bertz CT molecular complexity index is 1350. The fourth-order valence-corrected chi connectivity index (χ4v) is 5.85. The first-order valence-corrected chi connectivity index (χ1v) is 13.8. The molecule has 5 N–H and O–H groups in total. The molecule has 0 aliphatic heterocycles. The normalized spacial score (nSPS) is 12.1. The lowest BCUT2D eigenvalue weighted by Crippen LogP contribution is -2.38. The first-order valence-electron chi connectivity index (χ1n) is 11.8. The second-order valence-electron chi connectivity index (χ2n) is 8.70. The number of ether oxygens (including phenoxy) is 1. The molecule has 1 amide bonds. The van der Waals surface area contributed by atoms with Crippen LogP contribution >= 0.6 is 11.6 Å². The summed E-state index contributed by atoms with van der Waals surface area (Å²) >= 11 is 6.18. The van der Waals surface area contributed by atoms with Crippen LogP contribution in [0.5, 0.6) is 5.75 Å². The number of carbonyl (C=O) groups excluding carboxylic acids is 1. The second kappa shape index (κ2) is 12.6. The lowest BCUT2D eigenvalue weighted by Gasteiger charge is -2.31. The summed E-state index contributed by atoms with van der Waals surface area (Å²) in [5.41, 5.74) is 13.2. The number of halogens is 1. The monoisotopic (exact) mass is 542 g/mol. The van der Waals surface area contributed by atoms with Gasteiger partial charge in [0, 0.05) is 36.2 Å². The fourth-order valence-electron chi connectivity index (χ4n) is 3.80. The van der Waals surface area contributed by atoms with E-state index in [1.54, 1.807) is 53.4 Å². The van der Waals surface area contributed by atoms with Crippen molar-refractivity contribution in [2.75, 3.05) is 17.4 Å². The molecular formula is C27H31ClN4O4S. The molecule has 3 aromatic rings. The summed E-state index contributed by atoms with van der Waals surface area (Å²) in [4.78, 5) is 13.2. The van der Waals surface area contributed by atoms with Gasteiger partial charge in [0.2, 0.25) is 5.91 Å². The molecule has 0 radical (unpaired) electrons. The van der Waals surface area contributed by atoms with Gasteiger partial charge in [-0.1, -0.05) is 54.1 Å². The van der Waals surface area contributed by atoms with Gasteiger partial charge in [0.1, 0.15) is 17.5 Å². The van der Waals surface area contributed by atoms with Crippen molar-refractivity contribution in [2.24, 2.45) is 11.5 Å². The van der Waals surface area contributed by atoms with Crippen LogP contribution in [-0.2, 0) is 21.1 Å². The van der Waals surface area contributed by atoms with Crippen molar-refractivity contribution in [1.82, 2.24) is 0 Å². The highest BCUT2D eigenvalue weighted by Gasteiger charge is 2.26. The number of nitrogens with two attached hydrogens (primary N) is 2. The van der Waals surface area contributed by atoms with Crippen molar-refractivity contribution >= 4 is 38.9 Å². The van der Waals surface area contributed by atoms with E-state index < -0.39 is 15.7 Å². The Balaban J connectivity index is 1.78.